The number of nitrogens with one attached hydrogen (secondary N) is 1. The van der Waals surface area contributed by atoms with Crippen molar-refractivity contribution in [3.63, 3.8) is 0 Å². The number of ether oxygens (including phenoxy) is 1. The van der Waals surface area contributed by atoms with Gasteiger partial charge in [0.25, 0.3) is 0 Å². The van der Waals surface area contributed by atoms with Crippen LogP contribution < -0.4 is 10.1 Å². The monoisotopic (exact) mass is 281 g/mol. The highest BCUT2D eigenvalue weighted by atomic mass is 35.5. The molecule has 88 valence electrons. The summed E-state index contributed by atoms with van der Waals surface area (Å²) < 4.78 is 5.34. The minimum absolute atomic E-state index is 0.0488. The predicted molar refractivity (Wildman–Crippen MR) is 65.7 cm³/mol. The molecule has 0 bridgehead atoms. The minimum atomic E-state index is -0.223. The van der Waals surface area contributed by atoms with Crippen molar-refractivity contribution in [1.82, 2.24) is 5.32 Å². The first-order valence-corrected chi connectivity index (χ1v) is 5.83. The van der Waals surface area contributed by atoms with E-state index in [4.69, 9.17) is 39.5 Å². The van der Waals surface area contributed by atoms with Gasteiger partial charge in [-0.1, -0.05) is 23.2 Å². The molecule has 0 saturated heterocycles. The summed E-state index contributed by atoms with van der Waals surface area (Å²) in [5, 5.41) is 3.48. The number of hydrogen-bond donors (Lipinski definition) is 1. The van der Waals surface area contributed by atoms with Crippen LogP contribution in [0.1, 0.15) is 0 Å². The summed E-state index contributed by atoms with van der Waals surface area (Å²) in [6.07, 6.45) is 0. The zero-order valence-electron chi connectivity index (χ0n) is 8.30. The molecule has 1 N–H and O–H groups in total. The van der Waals surface area contributed by atoms with Crippen LogP contribution in [0.25, 0.3) is 0 Å². The second kappa shape index (κ2) is 6.84. The van der Waals surface area contributed by atoms with E-state index in [9.17, 15) is 4.79 Å². The molecule has 0 fully saturated rings. The van der Waals surface area contributed by atoms with Crippen LogP contribution >= 0.6 is 34.8 Å². The highest BCUT2D eigenvalue weighted by molar-refractivity contribution is 6.42. The summed E-state index contributed by atoms with van der Waals surface area (Å²) in [6.45, 7) is 0.742. The van der Waals surface area contributed by atoms with Crippen molar-refractivity contribution in [2.75, 3.05) is 19.0 Å². The summed E-state index contributed by atoms with van der Waals surface area (Å²) in [5.41, 5.74) is 0. The van der Waals surface area contributed by atoms with Gasteiger partial charge in [0.15, 0.2) is 0 Å². The largest absolute Gasteiger partial charge is 0.492 e. The third kappa shape index (κ3) is 4.47. The van der Waals surface area contributed by atoms with Crippen molar-refractivity contribution >= 4 is 40.7 Å². The molecule has 3 nitrogen and oxygen atoms in total. The fraction of sp³-hybridized carbons (Fsp3) is 0.300. The molecule has 0 radical (unpaired) electrons. The fourth-order valence-electron chi connectivity index (χ4n) is 0.973. The van der Waals surface area contributed by atoms with E-state index in [0.717, 1.165) is 0 Å². The van der Waals surface area contributed by atoms with Gasteiger partial charge in [-0.05, 0) is 12.1 Å². The van der Waals surface area contributed by atoms with Crippen LogP contribution in [-0.4, -0.2) is 24.9 Å². The van der Waals surface area contributed by atoms with Gasteiger partial charge in [0.2, 0.25) is 5.91 Å². The Bertz CT molecular complexity index is 371. The molecule has 0 atom stereocenters. The van der Waals surface area contributed by atoms with Crippen molar-refractivity contribution in [3.05, 3.63) is 28.2 Å². The molecule has 0 heterocycles. The van der Waals surface area contributed by atoms with E-state index < -0.39 is 0 Å². The lowest BCUT2D eigenvalue weighted by Crippen LogP contribution is -2.28. The Kier molecular flexibility index (Phi) is 5.74. The number of carbonyl (C=O) groups is 1. The van der Waals surface area contributed by atoms with E-state index in [0.29, 0.717) is 28.9 Å². The van der Waals surface area contributed by atoms with Crippen molar-refractivity contribution in [3.8, 4) is 5.75 Å². The summed E-state index contributed by atoms with van der Waals surface area (Å²) >= 11 is 16.8. The van der Waals surface area contributed by atoms with Gasteiger partial charge in [-0.25, -0.2) is 0 Å². The molecule has 0 aromatic heterocycles. The summed E-state index contributed by atoms with van der Waals surface area (Å²) in [5.74, 6) is 0.334. The average Bonchev–Trinajstić information content (AvgIpc) is 2.28. The van der Waals surface area contributed by atoms with Crippen LogP contribution in [0.2, 0.25) is 10.0 Å². The number of halogens is 3. The number of alkyl halides is 1. The maximum atomic E-state index is 10.8. The van der Waals surface area contributed by atoms with E-state index in [2.05, 4.69) is 5.32 Å². The fourth-order valence-corrected chi connectivity index (χ4v) is 1.36. The zero-order valence-corrected chi connectivity index (χ0v) is 10.6. The van der Waals surface area contributed by atoms with Crippen molar-refractivity contribution in [2.24, 2.45) is 0 Å². The molecule has 0 aliphatic rings. The molecule has 0 unspecified atom stereocenters. The van der Waals surface area contributed by atoms with Gasteiger partial charge in [0.1, 0.15) is 18.2 Å². The Balaban J connectivity index is 2.32. The second-order valence-electron chi connectivity index (χ2n) is 2.91. The normalized spacial score (nSPS) is 9.94. The molecule has 16 heavy (non-hydrogen) atoms. The Hall–Kier alpha value is -0.640. The molecular formula is C10H10Cl3NO2. The van der Waals surface area contributed by atoms with Crippen LogP contribution in [0.15, 0.2) is 18.2 Å². The number of carbonyl (C=O) groups excluding carboxylic acids is 1. The summed E-state index contributed by atoms with van der Waals surface area (Å²) in [7, 11) is 0. The molecule has 1 aromatic rings. The predicted octanol–water partition coefficient (Wildman–Crippen LogP) is 2.73. The first-order chi connectivity index (χ1) is 7.63. The molecule has 1 aromatic carbocycles. The first kappa shape index (κ1) is 13.4. The Morgan fingerprint density at radius 2 is 2.06 bits per heavy atom. The third-order valence-corrected chi connectivity index (χ3v) is 2.69. The average molecular weight is 283 g/mol. The van der Waals surface area contributed by atoms with E-state index in [1.54, 1.807) is 18.2 Å². The molecule has 6 heteroatoms. The lowest BCUT2D eigenvalue weighted by Gasteiger charge is -2.07. The van der Waals surface area contributed by atoms with E-state index in [1.807, 2.05) is 0 Å². The van der Waals surface area contributed by atoms with Gasteiger partial charge in [-0.3, -0.25) is 4.79 Å². The van der Waals surface area contributed by atoms with Gasteiger partial charge in [0.05, 0.1) is 16.6 Å². The highest BCUT2D eigenvalue weighted by Gasteiger charge is 2.01. The quantitative estimate of drug-likeness (QED) is 0.666. The van der Waals surface area contributed by atoms with E-state index in [1.165, 1.54) is 0 Å². The second-order valence-corrected chi connectivity index (χ2v) is 3.99. The van der Waals surface area contributed by atoms with Crippen molar-refractivity contribution < 1.29 is 9.53 Å². The molecule has 0 spiro atoms. The smallest absolute Gasteiger partial charge is 0.235 e. The molecule has 1 rings (SSSR count). The first-order valence-electron chi connectivity index (χ1n) is 4.54. The Labute approximate surface area is 109 Å². The maximum absolute atomic E-state index is 10.8. The van der Waals surface area contributed by atoms with Crippen LogP contribution in [0.4, 0.5) is 0 Å². The van der Waals surface area contributed by atoms with Crippen molar-refractivity contribution in [1.29, 1.82) is 0 Å². The summed E-state index contributed by atoms with van der Waals surface area (Å²) in [4.78, 5) is 10.8. The molecule has 0 aliphatic heterocycles. The molecule has 0 saturated carbocycles. The zero-order chi connectivity index (χ0) is 12.0. The minimum Gasteiger partial charge on any atom is -0.492 e. The van der Waals surface area contributed by atoms with Crippen LogP contribution in [0, 0.1) is 0 Å². The number of hydrogen-bond acceptors (Lipinski definition) is 2. The summed E-state index contributed by atoms with van der Waals surface area (Å²) in [6, 6.07) is 4.97. The van der Waals surface area contributed by atoms with E-state index >= 15 is 0 Å². The standard InChI is InChI=1S/C10H10Cl3NO2/c11-6-10(15)14-3-4-16-7-1-2-8(12)9(13)5-7/h1-2,5H,3-4,6H2,(H,14,15). The maximum Gasteiger partial charge on any atom is 0.235 e. The lowest BCUT2D eigenvalue weighted by molar-refractivity contribution is -0.118. The third-order valence-electron chi connectivity index (χ3n) is 1.71. The van der Waals surface area contributed by atoms with Gasteiger partial charge < -0.3 is 10.1 Å². The number of rotatable bonds is 5. The Morgan fingerprint density at radius 3 is 2.69 bits per heavy atom. The number of benzene rings is 1. The van der Waals surface area contributed by atoms with E-state index in [-0.39, 0.29) is 11.8 Å². The van der Waals surface area contributed by atoms with Gasteiger partial charge in [-0.2, -0.15) is 0 Å². The van der Waals surface area contributed by atoms with Crippen LogP contribution in [-0.2, 0) is 4.79 Å². The van der Waals surface area contributed by atoms with Crippen LogP contribution in [0.5, 0.6) is 5.75 Å². The highest BCUT2D eigenvalue weighted by Crippen LogP contribution is 2.26. The van der Waals surface area contributed by atoms with Crippen LogP contribution in [0.3, 0.4) is 0 Å². The molecular weight excluding hydrogens is 272 g/mol. The van der Waals surface area contributed by atoms with Gasteiger partial charge in [0, 0.05) is 6.07 Å². The van der Waals surface area contributed by atoms with Gasteiger partial charge >= 0.3 is 0 Å². The number of amides is 1. The lowest BCUT2D eigenvalue weighted by atomic mass is 10.3. The van der Waals surface area contributed by atoms with Crippen molar-refractivity contribution in [2.45, 2.75) is 0 Å². The topological polar surface area (TPSA) is 38.3 Å². The Morgan fingerprint density at radius 1 is 1.31 bits per heavy atom. The molecule has 0 aliphatic carbocycles. The molecule has 1 amide bonds. The van der Waals surface area contributed by atoms with Gasteiger partial charge in [-0.15, -0.1) is 11.6 Å². The SMILES string of the molecule is O=C(CCl)NCCOc1ccc(Cl)c(Cl)c1.